The maximum atomic E-state index is 11.7. The van der Waals surface area contributed by atoms with Crippen LogP contribution >= 0.6 is 0 Å². The molecular formula is C15H28N4O2. The highest BCUT2D eigenvalue weighted by molar-refractivity contribution is 5.78. The number of hydrogen-bond acceptors (Lipinski definition) is 3. The fourth-order valence-electron chi connectivity index (χ4n) is 3.17. The molecule has 1 saturated carbocycles. The molecule has 0 aromatic rings. The van der Waals surface area contributed by atoms with E-state index in [4.69, 9.17) is 5.53 Å². The lowest BCUT2D eigenvalue weighted by Crippen LogP contribution is -2.55. The van der Waals surface area contributed by atoms with Gasteiger partial charge in [0.1, 0.15) is 5.54 Å². The van der Waals surface area contributed by atoms with Crippen LogP contribution in [0.25, 0.3) is 10.4 Å². The van der Waals surface area contributed by atoms with Crippen molar-refractivity contribution in [2.45, 2.75) is 64.8 Å². The summed E-state index contributed by atoms with van der Waals surface area (Å²) in [6.45, 7) is 7.74. The minimum Gasteiger partial charge on any atom is -0.480 e. The Balaban J connectivity index is 2.56. The molecule has 0 unspecified atom stereocenters. The third kappa shape index (κ3) is 4.61. The van der Waals surface area contributed by atoms with Gasteiger partial charge in [-0.05, 0) is 55.5 Å². The monoisotopic (exact) mass is 296 g/mol. The van der Waals surface area contributed by atoms with Crippen molar-refractivity contribution in [3.05, 3.63) is 10.4 Å². The number of aliphatic carboxylic acids is 1. The van der Waals surface area contributed by atoms with Crippen molar-refractivity contribution in [1.29, 1.82) is 0 Å². The standard InChI is InChI=1S/C15H28N4O2/c1-4-14(2,3)12-6-8-15(9-7-12,13(20)21)17-10-5-11-18-19-16/h12,17H,4-11H2,1-3H3,(H,20,21). The van der Waals surface area contributed by atoms with Crippen molar-refractivity contribution in [3.63, 3.8) is 0 Å². The zero-order valence-electron chi connectivity index (χ0n) is 13.4. The highest BCUT2D eigenvalue weighted by Gasteiger charge is 2.44. The molecule has 0 spiro atoms. The van der Waals surface area contributed by atoms with Gasteiger partial charge in [-0.15, -0.1) is 0 Å². The molecule has 1 fully saturated rings. The molecule has 0 aromatic carbocycles. The molecule has 1 aliphatic carbocycles. The van der Waals surface area contributed by atoms with Gasteiger partial charge >= 0.3 is 5.97 Å². The summed E-state index contributed by atoms with van der Waals surface area (Å²) in [6, 6.07) is 0. The lowest BCUT2D eigenvalue weighted by Gasteiger charge is -2.43. The second-order valence-corrected chi connectivity index (χ2v) is 6.74. The second kappa shape index (κ2) is 7.66. The van der Waals surface area contributed by atoms with E-state index < -0.39 is 11.5 Å². The molecule has 0 bridgehead atoms. The van der Waals surface area contributed by atoms with Gasteiger partial charge in [0.05, 0.1) is 0 Å². The van der Waals surface area contributed by atoms with Gasteiger partial charge in [-0.2, -0.15) is 0 Å². The Kier molecular flexibility index (Phi) is 6.49. The molecule has 0 aliphatic heterocycles. The third-order valence-corrected chi connectivity index (χ3v) is 5.23. The highest BCUT2D eigenvalue weighted by Crippen LogP contribution is 2.43. The fourth-order valence-corrected chi connectivity index (χ4v) is 3.17. The number of nitrogens with zero attached hydrogens (tertiary/aromatic N) is 3. The first-order chi connectivity index (χ1) is 9.88. The number of carboxylic acid groups (broad SMARTS) is 1. The van der Waals surface area contributed by atoms with E-state index in [-0.39, 0.29) is 5.41 Å². The fraction of sp³-hybridized carbons (Fsp3) is 0.933. The van der Waals surface area contributed by atoms with Crippen LogP contribution in [0.2, 0.25) is 0 Å². The lowest BCUT2D eigenvalue weighted by molar-refractivity contribution is -0.147. The van der Waals surface area contributed by atoms with Crippen molar-refractivity contribution in [2.24, 2.45) is 16.4 Å². The van der Waals surface area contributed by atoms with E-state index in [2.05, 4.69) is 36.1 Å². The first kappa shape index (κ1) is 17.8. The van der Waals surface area contributed by atoms with Crippen molar-refractivity contribution in [2.75, 3.05) is 13.1 Å². The molecule has 0 heterocycles. The average molecular weight is 296 g/mol. The highest BCUT2D eigenvalue weighted by atomic mass is 16.4. The van der Waals surface area contributed by atoms with E-state index in [0.717, 1.165) is 19.3 Å². The van der Waals surface area contributed by atoms with Crippen LogP contribution in [0.5, 0.6) is 0 Å². The van der Waals surface area contributed by atoms with Gasteiger partial charge < -0.3 is 10.4 Å². The van der Waals surface area contributed by atoms with Crippen LogP contribution in [0, 0.1) is 11.3 Å². The predicted octanol–water partition coefficient (Wildman–Crippen LogP) is 3.73. The summed E-state index contributed by atoms with van der Waals surface area (Å²) < 4.78 is 0. The molecule has 0 saturated heterocycles. The third-order valence-electron chi connectivity index (χ3n) is 5.23. The Bertz CT molecular complexity index is 394. The smallest absolute Gasteiger partial charge is 0.323 e. The Hall–Kier alpha value is -1.26. The van der Waals surface area contributed by atoms with Gasteiger partial charge in [-0.1, -0.05) is 32.3 Å². The topological polar surface area (TPSA) is 98.1 Å². The number of hydrogen-bond donors (Lipinski definition) is 2. The van der Waals surface area contributed by atoms with Crippen LogP contribution in [0.15, 0.2) is 5.11 Å². The molecule has 6 nitrogen and oxygen atoms in total. The molecule has 2 N–H and O–H groups in total. The predicted molar refractivity (Wildman–Crippen MR) is 83.0 cm³/mol. The molecule has 1 aliphatic rings. The molecule has 21 heavy (non-hydrogen) atoms. The minimum atomic E-state index is -0.795. The Labute approximate surface area is 126 Å². The molecule has 6 heteroatoms. The SMILES string of the molecule is CCC(C)(C)C1CCC(NCCCN=[N+]=[N-])(C(=O)O)CC1. The van der Waals surface area contributed by atoms with Crippen LogP contribution in [-0.4, -0.2) is 29.7 Å². The lowest BCUT2D eigenvalue weighted by atomic mass is 9.65. The number of nitrogens with one attached hydrogen (secondary N) is 1. The first-order valence-corrected chi connectivity index (χ1v) is 7.87. The summed E-state index contributed by atoms with van der Waals surface area (Å²) in [6.07, 6.45) is 5.06. The quantitative estimate of drug-likeness (QED) is 0.309. The zero-order valence-corrected chi connectivity index (χ0v) is 13.4. The molecule has 120 valence electrons. The number of carbonyl (C=O) groups is 1. The molecule has 1 rings (SSSR count). The van der Waals surface area contributed by atoms with E-state index in [1.54, 1.807) is 0 Å². The van der Waals surface area contributed by atoms with Crippen molar-refractivity contribution in [1.82, 2.24) is 5.32 Å². The minimum absolute atomic E-state index is 0.284. The number of azide groups is 1. The van der Waals surface area contributed by atoms with Crippen LogP contribution in [0.3, 0.4) is 0 Å². The van der Waals surface area contributed by atoms with Crippen LogP contribution in [0.4, 0.5) is 0 Å². The summed E-state index contributed by atoms with van der Waals surface area (Å²) in [5.74, 6) is -0.154. The Morgan fingerprint density at radius 3 is 2.57 bits per heavy atom. The summed E-state index contributed by atoms with van der Waals surface area (Å²) in [7, 11) is 0. The summed E-state index contributed by atoms with van der Waals surface area (Å²) in [5.41, 5.74) is 7.71. The van der Waals surface area contributed by atoms with Crippen molar-refractivity contribution < 1.29 is 9.90 Å². The maximum Gasteiger partial charge on any atom is 0.323 e. The number of carboxylic acids is 1. The molecular weight excluding hydrogens is 268 g/mol. The van der Waals surface area contributed by atoms with Gasteiger partial charge in [-0.3, -0.25) is 4.79 Å². The second-order valence-electron chi connectivity index (χ2n) is 6.74. The summed E-state index contributed by atoms with van der Waals surface area (Å²) >= 11 is 0. The average Bonchev–Trinajstić information content (AvgIpc) is 2.47. The van der Waals surface area contributed by atoms with Crippen LogP contribution in [0.1, 0.15) is 59.3 Å². The van der Waals surface area contributed by atoms with E-state index in [1.165, 1.54) is 0 Å². The molecule has 0 radical (unpaired) electrons. The van der Waals surface area contributed by atoms with E-state index in [0.29, 0.717) is 38.3 Å². The summed E-state index contributed by atoms with van der Waals surface area (Å²) in [4.78, 5) is 14.4. The van der Waals surface area contributed by atoms with E-state index in [9.17, 15) is 9.90 Å². The van der Waals surface area contributed by atoms with Gasteiger partial charge in [0.2, 0.25) is 0 Å². The van der Waals surface area contributed by atoms with Crippen molar-refractivity contribution >= 4 is 5.97 Å². The Morgan fingerprint density at radius 1 is 1.48 bits per heavy atom. The number of rotatable bonds is 8. The molecule has 0 amide bonds. The van der Waals surface area contributed by atoms with Gasteiger partial charge in [0.25, 0.3) is 0 Å². The summed E-state index contributed by atoms with van der Waals surface area (Å²) in [5, 5.41) is 16.3. The largest absolute Gasteiger partial charge is 0.480 e. The molecule has 0 atom stereocenters. The van der Waals surface area contributed by atoms with Crippen LogP contribution in [-0.2, 0) is 4.79 Å². The maximum absolute atomic E-state index is 11.7. The normalized spacial score (nSPS) is 26.1. The van der Waals surface area contributed by atoms with Crippen molar-refractivity contribution in [3.8, 4) is 0 Å². The van der Waals surface area contributed by atoms with Gasteiger partial charge in [-0.25, -0.2) is 0 Å². The first-order valence-electron chi connectivity index (χ1n) is 7.87. The zero-order chi connectivity index (χ0) is 15.9. The van der Waals surface area contributed by atoms with E-state index in [1.807, 2.05) is 0 Å². The molecule has 0 aromatic heterocycles. The van der Waals surface area contributed by atoms with Crippen LogP contribution < -0.4 is 5.32 Å². The van der Waals surface area contributed by atoms with Gasteiger partial charge in [0.15, 0.2) is 0 Å². The van der Waals surface area contributed by atoms with E-state index >= 15 is 0 Å². The van der Waals surface area contributed by atoms with Gasteiger partial charge in [0, 0.05) is 11.5 Å². The Morgan fingerprint density at radius 2 is 2.10 bits per heavy atom.